The highest BCUT2D eigenvalue weighted by Crippen LogP contribution is 2.24. The van der Waals surface area contributed by atoms with E-state index in [9.17, 15) is 13.2 Å². The average Bonchev–Trinajstić information content (AvgIpc) is 3.01. The smallest absolute Gasteiger partial charge is 0.222 e. The molecule has 1 atom stereocenters. The third-order valence-electron chi connectivity index (χ3n) is 3.94. The molecule has 0 unspecified atom stereocenters. The fourth-order valence-corrected chi connectivity index (χ4v) is 4.72. The van der Waals surface area contributed by atoms with Crippen LogP contribution < -0.4 is 5.32 Å². The van der Waals surface area contributed by atoms with E-state index in [0.717, 1.165) is 10.9 Å². The molecular weight excluding hydrogens is 324 g/mol. The number of hydrogen-bond acceptors (Lipinski definition) is 3. The van der Waals surface area contributed by atoms with Crippen molar-refractivity contribution >= 4 is 38.2 Å². The van der Waals surface area contributed by atoms with Crippen molar-refractivity contribution in [3.8, 4) is 0 Å². The molecule has 0 radical (unpaired) electrons. The fourth-order valence-electron chi connectivity index (χ4n) is 2.81. The van der Waals surface area contributed by atoms with Crippen molar-refractivity contribution in [1.82, 2.24) is 9.88 Å². The molecule has 1 N–H and O–H groups in total. The molecule has 118 valence electrons. The molecule has 1 amide bonds. The molecule has 3 rings (SSSR count). The molecule has 1 aromatic heterocycles. The van der Waals surface area contributed by atoms with Crippen LogP contribution in [-0.4, -0.2) is 36.4 Å². The van der Waals surface area contributed by atoms with E-state index >= 15 is 0 Å². The van der Waals surface area contributed by atoms with Gasteiger partial charge in [-0.15, -0.1) is 0 Å². The molecule has 1 aliphatic heterocycles. The van der Waals surface area contributed by atoms with Crippen LogP contribution in [0, 0.1) is 0 Å². The van der Waals surface area contributed by atoms with Crippen LogP contribution in [-0.2, 0) is 21.2 Å². The van der Waals surface area contributed by atoms with E-state index in [1.165, 1.54) is 0 Å². The highest BCUT2D eigenvalue weighted by molar-refractivity contribution is 7.91. The zero-order chi connectivity index (χ0) is 15.7. The number of sulfone groups is 1. The third kappa shape index (κ3) is 3.28. The van der Waals surface area contributed by atoms with E-state index in [0.29, 0.717) is 24.4 Å². The zero-order valence-corrected chi connectivity index (χ0v) is 13.5. The number of fused-ring (bicyclic) bond motifs is 1. The third-order valence-corrected chi connectivity index (χ3v) is 6.04. The minimum atomic E-state index is -2.97. The Balaban J connectivity index is 1.60. The van der Waals surface area contributed by atoms with Gasteiger partial charge in [0.15, 0.2) is 9.84 Å². The van der Waals surface area contributed by atoms with Crippen LogP contribution >= 0.6 is 11.6 Å². The number of halogens is 1. The van der Waals surface area contributed by atoms with E-state index in [4.69, 9.17) is 11.6 Å². The lowest BCUT2D eigenvalue weighted by Gasteiger charge is -2.11. The summed E-state index contributed by atoms with van der Waals surface area (Å²) in [5.74, 6) is 0.102. The maximum Gasteiger partial charge on any atom is 0.222 e. The molecule has 1 saturated heterocycles. The van der Waals surface area contributed by atoms with Crippen LogP contribution in [0.1, 0.15) is 12.8 Å². The molecule has 5 nitrogen and oxygen atoms in total. The van der Waals surface area contributed by atoms with Gasteiger partial charge in [-0.3, -0.25) is 4.79 Å². The number of hydrogen-bond donors (Lipinski definition) is 1. The minimum absolute atomic E-state index is 0.0563. The summed E-state index contributed by atoms with van der Waals surface area (Å²) >= 11 is 6.12. The van der Waals surface area contributed by atoms with Crippen LogP contribution in [0.4, 0.5) is 0 Å². The Bertz CT molecular complexity index is 813. The van der Waals surface area contributed by atoms with Crippen LogP contribution in [0.25, 0.3) is 10.9 Å². The first-order valence-electron chi connectivity index (χ1n) is 7.18. The quantitative estimate of drug-likeness (QED) is 0.925. The molecule has 2 aromatic rings. The van der Waals surface area contributed by atoms with Gasteiger partial charge in [-0.25, -0.2) is 8.42 Å². The maximum atomic E-state index is 12.0. The fraction of sp³-hybridized carbons (Fsp3) is 0.400. The van der Waals surface area contributed by atoms with Crippen molar-refractivity contribution in [3.05, 3.63) is 35.5 Å². The molecule has 1 aromatic carbocycles. The maximum absolute atomic E-state index is 12.0. The summed E-state index contributed by atoms with van der Waals surface area (Å²) in [4.78, 5) is 12.0. The monoisotopic (exact) mass is 340 g/mol. The number of benzene rings is 1. The highest BCUT2D eigenvalue weighted by atomic mass is 35.5. The van der Waals surface area contributed by atoms with Gasteiger partial charge in [0.1, 0.15) is 0 Å². The van der Waals surface area contributed by atoms with E-state index < -0.39 is 9.84 Å². The minimum Gasteiger partial charge on any atom is -0.352 e. The average molecular weight is 341 g/mol. The van der Waals surface area contributed by atoms with Gasteiger partial charge < -0.3 is 9.88 Å². The number of nitrogens with zero attached hydrogens (tertiary/aromatic N) is 1. The molecule has 1 aliphatic rings. The Labute approximate surface area is 134 Å². The number of carbonyl (C=O) groups excluding carboxylic acids is 1. The number of aryl methyl sites for hydroxylation is 1. The van der Waals surface area contributed by atoms with Gasteiger partial charge in [0.05, 0.1) is 11.5 Å². The van der Waals surface area contributed by atoms with Crippen LogP contribution in [0.15, 0.2) is 30.5 Å². The summed E-state index contributed by atoms with van der Waals surface area (Å²) in [6, 6.07) is 7.36. The lowest BCUT2D eigenvalue weighted by Crippen LogP contribution is -2.35. The molecule has 0 saturated carbocycles. The Morgan fingerprint density at radius 3 is 2.91 bits per heavy atom. The van der Waals surface area contributed by atoms with Crippen LogP contribution in [0.3, 0.4) is 0 Å². The van der Waals surface area contributed by atoms with Crippen molar-refractivity contribution in [2.24, 2.45) is 0 Å². The summed E-state index contributed by atoms with van der Waals surface area (Å²) in [7, 11) is -2.97. The van der Waals surface area contributed by atoms with Crippen LogP contribution in [0.5, 0.6) is 0 Å². The molecule has 1 fully saturated rings. The highest BCUT2D eigenvalue weighted by Gasteiger charge is 2.28. The van der Waals surface area contributed by atoms with Gasteiger partial charge in [0, 0.05) is 41.1 Å². The standard InChI is InChI=1S/C15H17ClN2O3S/c16-13-2-1-3-14-12(13)4-7-18(14)8-5-15(19)17-11-6-9-22(20,21)10-11/h1-4,7,11H,5-6,8-10H2,(H,17,19)/t11-/m1/s1. The summed E-state index contributed by atoms with van der Waals surface area (Å²) in [6.07, 6.45) is 2.73. The van der Waals surface area contributed by atoms with Gasteiger partial charge >= 0.3 is 0 Å². The molecule has 0 spiro atoms. The summed E-state index contributed by atoms with van der Waals surface area (Å²) in [5, 5.41) is 4.45. The predicted octanol–water partition coefficient (Wildman–Crippen LogP) is 1.99. The number of carbonyl (C=O) groups is 1. The Morgan fingerprint density at radius 2 is 2.18 bits per heavy atom. The SMILES string of the molecule is O=C(CCn1ccc2c(Cl)cccc21)N[C@@H]1CCS(=O)(=O)C1. The Morgan fingerprint density at radius 1 is 1.36 bits per heavy atom. The van der Waals surface area contributed by atoms with Crippen LogP contribution in [0.2, 0.25) is 5.02 Å². The lowest BCUT2D eigenvalue weighted by molar-refractivity contribution is -0.121. The molecule has 0 aliphatic carbocycles. The normalized spacial score (nSPS) is 20.3. The Hall–Kier alpha value is -1.53. The van der Waals surface area contributed by atoms with E-state index in [1.807, 2.05) is 35.0 Å². The molecular formula is C15H17ClN2O3S. The zero-order valence-electron chi connectivity index (χ0n) is 12.0. The largest absolute Gasteiger partial charge is 0.352 e. The van der Waals surface area contributed by atoms with E-state index in [1.54, 1.807) is 0 Å². The van der Waals surface area contributed by atoms with Gasteiger partial charge in [-0.05, 0) is 24.6 Å². The second kappa shape index (κ2) is 5.93. The van der Waals surface area contributed by atoms with Crippen molar-refractivity contribution < 1.29 is 13.2 Å². The number of aromatic nitrogens is 1. The second-order valence-corrected chi connectivity index (χ2v) is 8.24. The molecule has 2 heterocycles. The van der Waals surface area contributed by atoms with Gasteiger partial charge in [0.2, 0.25) is 5.91 Å². The molecule has 22 heavy (non-hydrogen) atoms. The van der Waals surface area contributed by atoms with Gasteiger partial charge in [-0.2, -0.15) is 0 Å². The first kappa shape index (κ1) is 15.4. The van der Waals surface area contributed by atoms with Crippen molar-refractivity contribution in [2.45, 2.75) is 25.4 Å². The first-order valence-corrected chi connectivity index (χ1v) is 9.38. The summed E-state index contributed by atoms with van der Waals surface area (Å²) in [6.45, 7) is 0.537. The predicted molar refractivity (Wildman–Crippen MR) is 86.8 cm³/mol. The van der Waals surface area contributed by atoms with Crippen molar-refractivity contribution in [1.29, 1.82) is 0 Å². The van der Waals surface area contributed by atoms with Crippen molar-refractivity contribution in [2.75, 3.05) is 11.5 Å². The number of amides is 1. The van der Waals surface area contributed by atoms with Gasteiger partial charge in [0.25, 0.3) is 0 Å². The Kier molecular flexibility index (Phi) is 4.14. The molecule has 0 bridgehead atoms. The summed E-state index contributed by atoms with van der Waals surface area (Å²) < 4.78 is 24.7. The van der Waals surface area contributed by atoms with E-state index in [-0.39, 0.29) is 23.5 Å². The van der Waals surface area contributed by atoms with E-state index in [2.05, 4.69) is 5.32 Å². The summed E-state index contributed by atoms with van der Waals surface area (Å²) in [5.41, 5.74) is 0.990. The number of nitrogens with one attached hydrogen (secondary N) is 1. The van der Waals surface area contributed by atoms with Gasteiger partial charge in [-0.1, -0.05) is 17.7 Å². The van der Waals surface area contributed by atoms with Crippen molar-refractivity contribution in [3.63, 3.8) is 0 Å². The first-order chi connectivity index (χ1) is 10.4. The lowest BCUT2D eigenvalue weighted by atomic mass is 10.2. The molecule has 7 heteroatoms. The second-order valence-electron chi connectivity index (χ2n) is 5.60. The number of rotatable bonds is 4. The topological polar surface area (TPSA) is 68.2 Å².